The summed E-state index contributed by atoms with van der Waals surface area (Å²) in [5, 5.41) is 0. The quantitative estimate of drug-likeness (QED) is 0.306. The Bertz CT molecular complexity index is 206. The van der Waals surface area contributed by atoms with E-state index in [-0.39, 0.29) is 0 Å². The van der Waals surface area contributed by atoms with Crippen LogP contribution >= 0.6 is 0 Å². The third kappa shape index (κ3) is 14.7. The van der Waals surface area contributed by atoms with Crippen molar-refractivity contribution in [1.29, 1.82) is 0 Å². The van der Waals surface area contributed by atoms with Crippen molar-refractivity contribution in [3.05, 3.63) is 0 Å². The molecule has 0 fully saturated rings. The summed E-state index contributed by atoms with van der Waals surface area (Å²) in [5.74, 6) is 3.72. The predicted molar refractivity (Wildman–Crippen MR) is 98.8 cm³/mol. The molecule has 0 bridgehead atoms. The lowest BCUT2D eigenvalue weighted by Crippen LogP contribution is -2.01. The molecule has 0 rings (SSSR count). The Morgan fingerprint density at radius 3 is 1.14 bits per heavy atom. The van der Waals surface area contributed by atoms with E-state index in [1.54, 1.807) is 0 Å². The molecule has 0 heteroatoms. The fourth-order valence-corrected chi connectivity index (χ4v) is 3.43. The molecule has 0 aromatic rings. The van der Waals surface area contributed by atoms with Gasteiger partial charge in [0.1, 0.15) is 0 Å². The van der Waals surface area contributed by atoms with Gasteiger partial charge in [0.15, 0.2) is 0 Å². The largest absolute Gasteiger partial charge is 0.0654 e. The van der Waals surface area contributed by atoms with E-state index < -0.39 is 0 Å². The van der Waals surface area contributed by atoms with E-state index in [9.17, 15) is 0 Å². The number of hydrogen-bond acceptors (Lipinski definition) is 0. The zero-order valence-corrected chi connectivity index (χ0v) is 16.1. The van der Waals surface area contributed by atoms with E-state index in [1.165, 1.54) is 70.6 Å². The van der Waals surface area contributed by atoms with Gasteiger partial charge in [-0.2, -0.15) is 0 Å². The summed E-state index contributed by atoms with van der Waals surface area (Å²) in [4.78, 5) is 0. The SMILES string of the molecule is CCC[C@H](C)CCC[C@H](C)CCC[C@H](C)CCCC(C)C. The third-order valence-corrected chi connectivity index (χ3v) is 5.05. The maximum atomic E-state index is 2.47. The lowest BCUT2D eigenvalue weighted by Gasteiger charge is -2.16. The molecule has 0 aliphatic rings. The monoisotopic (exact) mass is 296 g/mol. The van der Waals surface area contributed by atoms with E-state index in [1.807, 2.05) is 0 Å². The average molecular weight is 297 g/mol. The van der Waals surface area contributed by atoms with E-state index in [0.29, 0.717) is 0 Å². The molecule has 0 saturated carbocycles. The Kier molecular flexibility index (Phi) is 13.6. The van der Waals surface area contributed by atoms with Gasteiger partial charge in [0.05, 0.1) is 0 Å². The van der Waals surface area contributed by atoms with Crippen LogP contribution in [0.4, 0.5) is 0 Å². The van der Waals surface area contributed by atoms with Crippen molar-refractivity contribution in [2.75, 3.05) is 0 Å². The van der Waals surface area contributed by atoms with Gasteiger partial charge in [-0.1, -0.05) is 112 Å². The molecule has 0 saturated heterocycles. The molecule has 0 spiro atoms. The van der Waals surface area contributed by atoms with Crippen LogP contribution in [-0.4, -0.2) is 0 Å². The van der Waals surface area contributed by atoms with Crippen molar-refractivity contribution in [2.24, 2.45) is 23.7 Å². The lowest BCUT2D eigenvalue weighted by molar-refractivity contribution is 0.374. The Hall–Kier alpha value is 0. The first-order valence-corrected chi connectivity index (χ1v) is 9.95. The molecule has 0 heterocycles. The molecule has 128 valence electrons. The van der Waals surface area contributed by atoms with Crippen LogP contribution < -0.4 is 0 Å². The number of rotatable bonds is 14. The molecule has 0 amide bonds. The molecule has 0 radical (unpaired) electrons. The van der Waals surface area contributed by atoms with Crippen molar-refractivity contribution in [1.82, 2.24) is 0 Å². The zero-order valence-electron chi connectivity index (χ0n) is 16.1. The van der Waals surface area contributed by atoms with Crippen LogP contribution in [0.2, 0.25) is 0 Å². The van der Waals surface area contributed by atoms with E-state index in [4.69, 9.17) is 0 Å². The molecule has 0 unspecified atom stereocenters. The normalized spacial score (nSPS) is 16.1. The maximum absolute atomic E-state index is 2.47. The molecule has 0 N–H and O–H groups in total. The fraction of sp³-hybridized carbons (Fsp3) is 1.00. The minimum absolute atomic E-state index is 0.882. The predicted octanol–water partition coefficient (Wildman–Crippen LogP) is 7.86. The summed E-state index contributed by atoms with van der Waals surface area (Å²) in [7, 11) is 0. The van der Waals surface area contributed by atoms with Gasteiger partial charge in [0.2, 0.25) is 0 Å². The van der Waals surface area contributed by atoms with Gasteiger partial charge >= 0.3 is 0 Å². The highest BCUT2D eigenvalue weighted by Crippen LogP contribution is 2.22. The van der Waals surface area contributed by atoms with Crippen molar-refractivity contribution in [3.8, 4) is 0 Å². The molecular formula is C21H44. The van der Waals surface area contributed by atoms with Crippen LogP contribution in [0, 0.1) is 23.7 Å². The van der Waals surface area contributed by atoms with Crippen LogP contribution in [0.3, 0.4) is 0 Å². The topological polar surface area (TPSA) is 0 Å². The molecule has 0 aromatic heterocycles. The van der Waals surface area contributed by atoms with E-state index >= 15 is 0 Å². The van der Waals surface area contributed by atoms with E-state index in [2.05, 4.69) is 41.5 Å². The lowest BCUT2D eigenvalue weighted by atomic mass is 9.90. The highest BCUT2D eigenvalue weighted by atomic mass is 14.1. The average Bonchev–Trinajstić information content (AvgIpc) is 2.38. The Balaban J connectivity index is 3.45. The molecule has 0 aliphatic heterocycles. The number of hydrogen-bond donors (Lipinski definition) is 0. The second-order valence-corrected chi connectivity index (χ2v) is 8.29. The second-order valence-electron chi connectivity index (χ2n) is 8.29. The highest BCUT2D eigenvalue weighted by Gasteiger charge is 2.07. The molecule has 0 nitrogen and oxygen atoms in total. The first-order chi connectivity index (χ1) is 9.95. The second kappa shape index (κ2) is 13.6. The van der Waals surface area contributed by atoms with Crippen LogP contribution in [0.5, 0.6) is 0 Å². The molecule has 21 heavy (non-hydrogen) atoms. The van der Waals surface area contributed by atoms with Gasteiger partial charge in [-0.25, -0.2) is 0 Å². The van der Waals surface area contributed by atoms with Crippen LogP contribution in [0.15, 0.2) is 0 Å². The summed E-state index contributed by atoms with van der Waals surface area (Å²) >= 11 is 0. The Labute approximate surface area is 136 Å². The summed E-state index contributed by atoms with van der Waals surface area (Å²) in [6.07, 6.45) is 15.8. The first kappa shape index (κ1) is 21.0. The summed E-state index contributed by atoms with van der Waals surface area (Å²) in [6.45, 7) is 14.3. The van der Waals surface area contributed by atoms with Gasteiger partial charge < -0.3 is 0 Å². The standard InChI is InChI=1S/C21H44/c1-7-11-19(4)14-9-15-21(6)17-10-16-20(5)13-8-12-18(2)3/h18-21H,7-17H2,1-6H3/t19-,20+,21-/m0/s1. The Morgan fingerprint density at radius 2 is 0.810 bits per heavy atom. The van der Waals surface area contributed by atoms with Crippen LogP contribution in [0.25, 0.3) is 0 Å². The van der Waals surface area contributed by atoms with Gasteiger partial charge in [0.25, 0.3) is 0 Å². The van der Waals surface area contributed by atoms with Gasteiger partial charge in [-0.15, -0.1) is 0 Å². The third-order valence-electron chi connectivity index (χ3n) is 5.05. The molecular weight excluding hydrogens is 252 g/mol. The van der Waals surface area contributed by atoms with Crippen molar-refractivity contribution < 1.29 is 0 Å². The Morgan fingerprint density at radius 1 is 0.476 bits per heavy atom. The summed E-state index contributed by atoms with van der Waals surface area (Å²) < 4.78 is 0. The summed E-state index contributed by atoms with van der Waals surface area (Å²) in [5.41, 5.74) is 0. The minimum Gasteiger partial charge on any atom is -0.0654 e. The van der Waals surface area contributed by atoms with Crippen molar-refractivity contribution in [3.63, 3.8) is 0 Å². The smallest absolute Gasteiger partial charge is 0.0443 e. The van der Waals surface area contributed by atoms with Crippen LogP contribution in [0.1, 0.15) is 112 Å². The minimum atomic E-state index is 0.882. The fourth-order valence-electron chi connectivity index (χ4n) is 3.43. The van der Waals surface area contributed by atoms with Gasteiger partial charge in [-0.3, -0.25) is 0 Å². The molecule has 0 aliphatic carbocycles. The van der Waals surface area contributed by atoms with E-state index in [0.717, 1.165) is 23.7 Å². The molecule has 0 aromatic carbocycles. The van der Waals surface area contributed by atoms with Crippen molar-refractivity contribution in [2.45, 2.75) is 112 Å². The van der Waals surface area contributed by atoms with Crippen molar-refractivity contribution >= 4 is 0 Å². The van der Waals surface area contributed by atoms with Gasteiger partial charge in [0, 0.05) is 0 Å². The summed E-state index contributed by atoms with van der Waals surface area (Å²) in [6, 6.07) is 0. The van der Waals surface area contributed by atoms with Gasteiger partial charge in [-0.05, 0) is 23.7 Å². The zero-order chi connectivity index (χ0) is 16.1. The maximum Gasteiger partial charge on any atom is -0.0443 e. The molecule has 3 atom stereocenters. The first-order valence-electron chi connectivity index (χ1n) is 9.95. The highest BCUT2D eigenvalue weighted by molar-refractivity contribution is 4.60. The van der Waals surface area contributed by atoms with Crippen LogP contribution in [-0.2, 0) is 0 Å².